The summed E-state index contributed by atoms with van der Waals surface area (Å²) in [6.07, 6.45) is 2.30. The highest BCUT2D eigenvalue weighted by Crippen LogP contribution is 2.27. The highest BCUT2D eigenvalue weighted by atomic mass is 16.6. The molecule has 138 valence electrons. The molecule has 26 heavy (non-hydrogen) atoms. The number of hydrogen-bond acceptors (Lipinski definition) is 5. The third-order valence-electron chi connectivity index (χ3n) is 3.54. The van der Waals surface area contributed by atoms with Crippen molar-refractivity contribution in [1.29, 1.82) is 0 Å². The van der Waals surface area contributed by atoms with E-state index in [2.05, 4.69) is 10.5 Å². The molecule has 0 heterocycles. The second-order valence-corrected chi connectivity index (χ2v) is 5.44. The van der Waals surface area contributed by atoms with Crippen molar-refractivity contribution in [1.82, 2.24) is 5.32 Å². The van der Waals surface area contributed by atoms with Gasteiger partial charge in [0.15, 0.2) is 18.1 Å². The number of rotatable bonds is 10. The van der Waals surface area contributed by atoms with E-state index in [1.54, 1.807) is 19.2 Å². The summed E-state index contributed by atoms with van der Waals surface area (Å²) in [5.41, 5.74) is 1.96. The van der Waals surface area contributed by atoms with Crippen LogP contribution in [0.1, 0.15) is 18.1 Å². The fraction of sp³-hybridized carbons (Fsp3) is 0.300. The van der Waals surface area contributed by atoms with E-state index >= 15 is 0 Å². The molecule has 2 rings (SSSR count). The minimum Gasteiger partial charge on any atom is -0.493 e. The van der Waals surface area contributed by atoms with Gasteiger partial charge in [0, 0.05) is 12.1 Å². The van der Waals surface area contributed by atoms with E-state index in [1.165, 1.54) is 11.8 Å². The molecular formula is C20H24N2O4. The molecular weight excluding hydrogens is 332 g/mol. The molecule has 0 saturated heterocycles. The summed E-state index contributed by atoms with van der Waals surface area (Å²) in [5.74, 6) is 1.09. The van der Waals surface area contributed by atoms with Crippen LogP contribution in [0.15, 0.2) is 53.7 Å². The Morgan fingerprint density at radius 2 is 1.96 bits per heavy atom. The van der Waals surface area contributed by atoms with Gasteiger partial charge in [-0.3, -0.25) is 4.79 Å². The number of ether oxygens (including phenoxy) is 2. The maximum Gasteiger partial charge on any atom is 0.260 e. The molecule has 0 saturated carbocycles. The van der Waals surface area contributed by atoms with Gasteiger partial charge in [0.05, 0.1) is 19.9 Å². The summed E-state index contributed by atoms with van der Waals surface area (Å²) in [7, 11) is 1.58. The molecule has 0 radical (unpaired) electrons. The lowest BCUT2D eigenvalue weighted by Crippen LogP contribution is -2.28. The highest BCUT2D eigenvalue weighted by Gasteiger charge is 2.04. The van der Waals surface area contributed by atoms with Gasteiger partial charge < -0.3 is 19.6 Å². The van der Waals surface area contributed by atoms with Crippen molar-refractivity contribution in [3.05, 3.63) is 59.7 Å². The first kappa shape index (κ1) is 19.3. The van der Waals surface area contributed by atoms with E-state index in [9.17, 15) is 4.79 Å². The standard InChI is InChI=1S/C20H24N2O4/c1-3-25-18-10-9-17(13-19(18)24-2)14-22-26-15-20(23)21-12-11-16-7-5-4-6-8-16/h4-10,13-14H,3,11-12,15H2,1-2H3,(H,21,23)/b22-14-. The molecule has 6 heteroatoms. The van der Waals surface area contributed by atoms with Crippen LogP contribution in [0.25, 0.3) is 0 Å². The summed E-state index contributed by atoms with van der Waals surface area (Å²) < 4.78 is 10.7. The minimum absolute atomic E-state index is 0.126. The zero-order valence-electron chi connectivity index (χ0n) is 15.1. The second kappa shape index (κ2) is 10.8. The zero-order valence-corrected chi connectivity index (χ0v) is 15.1. The molecule has 0 aliphatic heterocycles. The summed E-state index contributed by atoms with van der Waals surface area (Å²) in [6.45, 7) is 2.91. The number of benzene rings is 2. The normalized spacial score (nSPS) is 10.5. The molecule has 2 aromatic carbocycles. The van der Waals surface area contributed by atoms with Crippen LogP contribution < -0.4 is 14.8 Å². The quantitative estimate of drug-likeness (QED) is 0.525. The predicted molar refractivity (Wildman–Crippen MR) is 101 cm³/mol. The SMILES string of the molecule is CCOc1ccc(/C=N\OCC(=O)NCCc2ccccc2)cc1OC. The van der Waals surface area contributed by atoms with Gasteiger partial charge in [0.25, 0.3) is 5.91 Å². The molecule has 0 aliphatic rings. The predicted octanol–water partition coefficient (Wildman–Crippen LogP) is 2.80. The van der Waals surface area contributed by atoms with E-state index in [0.29, 0.717) is 24.7 Å². The van der Waals surface area contributed by atoms with Gasteiger partial charge >= 0.3 is 0 Å². The number of nitrogens with zero attached hydrogens (tertiary/aromatic N) is 1. The Balaban J connectivity index is 1.72. The Morgan fingerprint density at radius 3 is 2.69 bits per heavy atom. The minimum atomic E-state index is -0.206. The first-order valence-electron chi connectivity index (χ1n) is 8.49. The third kappa shape index (κ3) is 6.47. The lowest BCUT2D eigenvalue weighted by molar-refractivity contribution is -0.125. The number of nitrogens with one attached hydrogen (secondary N) is 1. The van der Waals surface area contributed by atoms with Gasteiger partial charge in [-0.15, -0.1) is 0 Å². The number of carbonyl (C=O) groups is 1. The van der Waals surface area contributed by atoms with Gasteiger partial charge in [-0.25, -0.2) is 0 Å². The fourth-order valence-corrected chi connectivity index (χ4v) is 2.28. The molecule has 1 amide bonds. The third-order valence-corrected chi connectivity index (χ3v) is 3.54. The Hall–Kier alpha value is -3.02. The van der Waals surface area contributed by atoms with Crippen LogP contribution in [0.5, 0.6) is 11.5 Å². The Bertz CT molecular complexity index is 717. The Kier molecular flexibility index (Phi) is 7.99. The van der Waals surface area contributed by atoms with Crippen molar-refractivity contribution in [3.8, 4) is 11.5 Å². The lowest BCUT2D eigenvalue weighted by Gasteiger charge is -2.09. The molecule has 0 aromatic heterocycles. The van der Waals surface area contributed by atoms with Crippen LogP contribution in [-0.4, -0.2) is 39.0 Å². The Labute approximate surface area is 153 Å². The molecule has 0 bridgehead atoms. The second-order valence-electron chi connectivity index (χ2n) is 5.44. The van der Waals surface area contributed by atoms with Crippen molar-refractivity contribution >= 4 is 12.1 Å². The molecule has 0 aliphatic carbocycles. The monoisotopic (exact) mass is 356 g/mol. The van der Waals surface area contributed by atoms with E-state index in [-0.39, 0.29) is 12.5 Å². The largest absolute Gasteiger partial charge is 0.493 e. The molecule has 6 nitrogen and oxygen atoms in total. The van der Waals surface area contributed by atoms with Crippen molar-refractivity contribution in [2.24, 2.45) is 5.16 Å². The summed E-state index contributed by atoms with van der Waals surface area (Å²) in [4.78, 5) is 16.8. The summed E-state index contributed by atoms with van der Waals surface area (Å²) in [6, 6.07) is 15.4. The van der Waals surface area contributed by atoms with Crippen LogP contribution in [0.2, 0.25) is 0 Å². The zero-order chi connectivity index (χ0) is 18.6. The van der Waals surface area contributed by atoms with Crippen molar-refractivity contribution in [3.63, 3.8) is 0 Å². The van der Waals surface area contributed by atoms with Crippen molar-refractivity contribution in [2.75, 3.05) is 26.9 Å². The molecule has 0 fully saturated rings. The van der Waals surface area contributed by atoms with Crippen LogP contribution in [-0.2, 0) is 16.1 Å². The van der Waals surface area contributed by atoms with E-state index in [1.807, 2.05) is 43.3 Å². The van der Waals surface area contributed by atoms with E-state index < -0.39 is 0 Å². The molecule has 0 atom stereocenters. The molecule has 1 N–H and O–H groups in total. The first-order valence-corrected chi connectivity index (χ1v) is 8.49. The highest BCUT2D eigenvalue weighted by molar-refractivity contribution is 5.81. The van der Waals surface area contributed by atoms with Crippen LogP contribution in [0.3, 0.4) is 0 Å². The number of amides is 1. The van der Waals surface area contributed by atoms with Crippen molar-refractivity contribution < 1.29 is 19.1 Å². The average molecular weight is 356 g/mol. The molecule has 0 spiro atoms. The smallest absolute Gasteiger partial charge is 0.260 e. The first-order chi connectivity index (χ1) is 12.7. The number of carbonyl (C=O) groups excluding carboxylic acids is 1. The van der Waals surface area contributed by atoms with E-state index in [0.717, 1.165) is 12.0 Å². The number of methoxy groups -OCH3 is 1. The van der Waals surface area contributed by atoms with Gasteiger partial charge in [-0.05, 0) is 37.1 Å². The molecule has 2 aromatic rings. The maximum absolute atomic E-state index is 11.7. The average Bonchev–Trinajstić information content (AvgIpc) is 2.67. The summed E-state index contributed by atoms with van der Waals surface area (Å²) >= 11 is 0. The topological polar surface area (TPSA) is 69.2 Å². The van der Waals surface area contributed by atoms with Crippen LogP contribution in [0, 0.1) is 0 Å². The van der Waals surface area contributed by atoms with Gasteiger partial charge in [0.2, 0.25) is 0 Å². The fourth-order valence-electron chi connectivity index (χ4n) is 2.28. The van der Waals surface area contributed by atoms with Crippen LogP contribution >= 0.6 is 0 Å². The van der Waals surface area contributed by atoms with Crippen molar-refractivity contribution in [2.45, 2.75) is 13.3 Å². The summed E-state index contributed by atoms with van der Waals surface area (Å²) in [5, 5.41) is 6.61. The molecule has 0 unspecified atom stereocenters. The van der Waals surface area contributed by atoms with Gasteiger partial charge in [0.1, 0.15) is 0 Å². The van der Waals surface area contributed by atoms with Gasteiger partial charge in [-0.1, -0.05) is 35.5 Å². The van der Waals surface area contributed by atoms with Gasteiger partial charge in [-0.2, -0.15) is 0 Å². The lowest BCUT2D eigenvalue weighted by atomic mass is 10.1. The van der Waals surface area contributed by atoms with E-state index in [4.69, 9.17) is 14.3 Å². The number of hydrogen-bond donors (Lipinski definition) is 1. The van der Waals surface area contributed by atoms with Crippen LogP contribution in [0.4, 0.5) is 0 Å². The number of oxime groups is 1. The Morgan fingerprint density at radius 1 is 1.15 bits per heavy atom. The maximum atomic E-state index is 11.7.